The fraction of sp³-hybridized carbons (Fsp3) is 0.0455. The number of carbonyl (C=O) groups excluding carboxylic acids is 1. The Bertz CT molecular complexity index is 1200. The minimum absolute atomic E-state index is 0.223. The van der Waals surface area contributed by atoms with Crippen LogP contribution in [0.25, 0.3) is 23.1 Å². The maximum absolute atomic E-state index is 14.5. The van der Waals surface area contributed by atoms with E-state index in [4.69, 9.17) is 0 Å². The topological polar surface area (TPSA) is 59.8 Å². The zero-order valence-corrected chi connectivity index (χ0v) is 16.4. The first kappa shape index (κ1) is 18.9. The summed E-state index contributed by atoms with van der Waals surface area (Å²) in [5, 5.41) is 8.10. The lowest BCUT2D eigenvalue weighted by molar-refractivity contribution is 0.0959. The molecule has 7 heteroatoms. The van der Waals surface area contributed by atoms with E-state index in [-0.39, 0.29) is 16.4 Å². The van der Waals surface area contributed by atoms with Crippen molar-refractivity contribution in [2.45, 2.75) is 4.90 Å². The minimum atomic E-state index is -0.471. The quantitative estimate of drug-likeness (QED) is 0.526. The average Bonchev–Trinajstić information content (AvgIpc) is 3.11. The van der Waals surface area contributed by atoms with Gasteiger partial charge in [0, 0.05) is 30.6 Å². The summed E-state index contributed by atoms with van der Waals surface area (Å²) < 4.78 is 16.2. The van der Waals surface area contributed by atoms with Crippen LogP contribution in [-0.2, 0) is 0 Å². The molecule has 0 radical (unpaired) electrons. The Morgan fingerprint density at radius 1 is 1.07 bits per heavy atom. The van der Waals surface area contributed by atoms with Crippen LogP contribution < -0.4 is 5.32 Å². The Hall–Kier alpha value is -3.45. The number of amides is 1. The van der Waals surface area contributed by atoms with Gasteiger partial charge in [-0.25, -0.2) is 8.48 Å². The van der Waals surface area contributed by atoms with Crippen LogP contribution in [0.1, 0.15) is 21.7 Å². The Labute approximate surface area is 171 Å². The van der Waals surface area contributed by atoms with Crippen molar-refractivity contribution in [2.75, 3.05) is 7.05 Å². The summed E-state index contributed by atoms with van der Waals surface area (Å²) in [5.74, 6) is -0.819. The van der Waals surface area contributed by atoms with E-state index in [1.54, 1.807) is 16.4 Å². The molecule has 1 N–H and O–H groups in total. The van der Waals surface area contributed by atoms with Crippen LogP contribution in [0.3, 0.4) is 0 Å². The van der Waals surface area contributed by atoms with Gasteiger partial charge in [-0.05, 0) is 42.5 Å². The third-order valence-corrected chi connectivity index (χ3v) is 5.35. The van der Waals surface area contributed by atoms with Crippen LogP contribution in [0.5, 0.6) is 0 Å². The zero-order chi connectivity index (χ0) is 20.2. The number of benzene rings is 2. The summed E-state index contributed by atoms with van der Waals surface area (Å²) in [4.78, 5) is 16.7. The lowest BCUT2D eigenvalue weighted by atomic mass is 10.2. The predicted octanol–water partition coefficient (Wildman–Crippen LogP) is 4.66. The van der Waals surface area contributed by atoms with E-state index in [2.05, 4.69) is 15.4 Å². The molecule has 0 aliphatic carbocycles. The van der Waals surface area contributed by atoms with E-state index < -0.39 is 5.82 Å². The molecular weight excluding hydrogens is 387 g/mol. The molecule has 0 fully saturated rings. The highest BCUT2D eigenvalue weighted by Crippen LogP contribution is 2.31. The molecule has 4 aromatic rings. The molecular formula is C22H17FN4OS. The van der Waals surface area contributed by atoms with Crippen molar-refractivity contribution in [1.82, 2.24) is 19.5 Å². The van der Waals surface area contributed by atoms with E-state index in [1.165, 1.54) is 19.2 Å². The van der Waals surface area contributed by atoms with Crippen molar-refractivity contribution in [3.05, 3.63) is 89.6 Å². The zero-order valence-electron chi connectivity index (χ0n) is 15.5. The largest absolute Gasteiger partial charge is 0.355 e. The summed E-state index contributed by atoms with van der Waals surface area (Å²) >= 11 is 1.08. The van der Waals surface area contributed by atoms with Crippen molar-refractivity contribution < 1.29 is 9.18 Å². The van der Waals surface area contributed by atoms with E-state index in [0.717, 1.165) is 34.2 Å². The summed E-state index contributed by atoms with van der Waals surface area (Å²) in [7, 11) is 1.52. The van der Waals surface area contributed by atoms with Crippen molar-refractivity contribution in [3.63, 3.8) is 0 Å². The van der Waals surface area contributed by atoms with Crippen LogP contribution >= 0.6 is 11.9 Å². The molecule has 5 nitrogen and oxygen atoms in total. The van der Waals surface area contributed by atoms with Crippen LogP contribution in [0, 0.1) is 5.82 Å². The second-order valence-corrected chi connectivity index (χ2v) is 7.09. The molecule has 2 aromatic heterocycles. The van der Waals surface area contributed by atoms with Gasteiger partial charge in [0.15, 0.2) is 0 Å². The summed E-state index contributed by atoms with van der Waals surface area (Å²) in [5.41, 5.74) is 2.64. The standard InChI is InChI=1S/C22H17FN4OS/c1-24-22(28)17-9-6-10-18(23)21(17)29-27-20-11-3-2-8-16(20)19(26-27)13-12-15-7-4-5-14-25-15/h2-14H,1H3,(H,24,28)/b13-12+. The predicted molar refractivity (Wildman–Crippen MR) is 114 cm³/mol. The summed E-state index contributed by atoms with van der Waals surface area (Å²) in [6.45, 7) is 0. The number of fused-ring (bicyclic) bond motifs is 1. The Kier molecular flexibility index (Phi) is 5.39. The van der Waals surface area contributed by atoms with Crippen LogP contribution in [0.4, 0.5) is 4.39 Å². The second kappa shape index (κ2) is 8.28. The maximum Gasteiger partial charge on any atom is 0.252 e. The van der Waals surface area contributed by atoms with Gasteiger partial charge in [0.1, 0.15) is 5.82 Å². The Morgan fingerprint density at radius 2 is 1.90 bits per heavy atom. The number of carbonyl (C=O) groups is 1. The lowest BCUT2D eigenvalue weighted by Gasteiger charge is -2.09. The monoisotopic (exact) mass is 404 g/mol. The third-order valence-electron chi connectivity index (χ3n) is 4.30. The summed E-state index contributed by atoms with van der Waals surface area (Å²) in [6.07, 6.45) is 5.48. The van der Waals surface area contributed by atoms with Gasteiger partial charge in [0.2, 0.25) is 0 Å². The number of hydrogen-bond acceptors (Lipinski definition) is 4. The molecule has 29 heavy (non-hydrogen) atoms. The Morgan fingerprint density at radius 3 is 2.69 bits per heavy atom. The normalized spacial score (nSPS) is 11.2. The molecule has 0 spiro atoms. The molecule has 0 bridgehead atoms. The first-order chi connectivity index (χ1) is 14.2. The van der Waals surface area contributed by atoms with Crippen molar-refractivity contribution in [1.29, 1.82) is 0 Å². The minimum Gasteiger partial charge on any atom is -0.355 e. The van der Waals surface area contributed by atoms with Crippen molar-refractivity contribution >= 4 is 40.9 Å². The average molecular weight is 404 g/mol. The third kappa shape index (κ3) is 3.90. The van der Waals surface area contributed by atoms with Gasteiger partial charge in [-0.1, -0.05) is 30.3 Å². The fourth-order valence-electron chi connectivity index (χ4n) is 2.90. The fourth-order valence-corrected chi connectivity index (χ4v) is 3.87. The van der Waals surface area contributed by atoms with Crippen LogP contribution in [-0.4, -0.2) is 27.1 Å². The molecule has 0 saturated carbocycles. The SMILES string of the molecule is CNC(=O)c1cccc(F)c1Sn1nc(/C=C/c2ccccn2)c2ccccc21. The van der Waals surface area contributed by atoms with Gasteiger partial charge in [0.05, 0.1) is 27.4 Å². The first-order valence-corrected chi connectivity index (χ1v) is 9.70. The molecule has 2 heterocycles. The molecule has 0 atom stereocenters. The molecule has 0 aliphatic rings. The molecule has 0 aliphatic heterocycles. The van der Waals surface area contributed by atoms with Gasteiger partial charge in [0.25, 0.3) is 5.91 Å². The van der Waals surface area contributed by atoms with Crippen molar-refractivity contribution in [2.24, 2.45) is 0 Å². The molecule has 4 rings (SSSR count). The lowest BCUT2D eigenvalue weighted by Crippen LogP contribution is -2.19. The number of halogens is 1. The highest BCUT2D eigenvalue weighted by Gasteiger charge is 2.18. The maximum atomic E-state index is 14.5. The number of nitrogens with zero attached hydrogens (tertiary/aromatic N) is 3. The van der Waals surface area contributed by atoms with E-state index >= 15 is 0 Å². The molecule has 1 amide bonds. The van der Waals surface area contributed by atoms with Gasteiger partial charge >= 0.3 is 0 Å². The van der Waals surface area contributed by atoms with E-state index in [9.17, 15) is 9.18 Å². The number of pyridine rings is 1. The van der Waals surface area contributed by atoms with Gasteiger partial charge in [-0.2, -0.15) is 5.10 Å². The van der Waals surface area contributed by atoms with E-state index in [0.29, 0.717) is 0 Å². The number of nitrogens with one attached hydrogen (secondary N) is 1. The summed E-state index contributed by atoms with van der Waals surface area (Å²) in [6, 6.07) is 17.8. The molecule has 0 unspecified atom stereocenters. The van der Waals surface area contributed by atoms with E-state index in [1.807, 2.05) is 54.6 Å². The van der Waals surface area contributed by atoms with Gasteiger partial charge in [-0.3, -0.25) is 9.78 Å². The Balaban J connectivity index is 1.77. The van der Waals surface area contributed by atoms with Crippen LogP contribution in [0.15, 0.2) is 71.8 Å². The number of para-hydroxylation sites is 1. The second-order valence-electron chi connectivity index (χ2n) is 6.15. The number of rotatable bonds is 5. The number of aromatic nitrogens is 3. The molecule has 144 valence electrons. The number of hydrogen-bond donors (Lipinski definition) is 1. The van der Waals surface area contributed by atoms with Crippen LogP contribution in [0.2, 0.25) is 0 Å². The van der Waals surface area contributed by atoms with Crippen molar-refractivity contribution in [3.8, 4) is 0 Å². The highest BCUT2D eigenvalue weighted by molar-refractivity contribution is 7.98. The van der Waals surface area contributed by atoms with Gasteiger partial charge in [-0.15, -0.1) is 0 Å². The first-order valence-electron chi connectivity index (χ1n) is 8.93. The highest BCUT2D eigenvalue weighted by atomic mass is 32.2. The smallest absolute Gasteiger partial charge is 0.252 e. The molecule has 2 aromatic carbocycles. The molecule has 0 saturated heterocycles. The van der Waals surface area contributed by atoms with Gasteiger partial charge < -0.3 is 5.32 Å².